The first-order valence-electron chi connectivity index (χ1n) is 15.5. The summed E-state index contributed by atoms with van der Waals surface area (Å²) in [7, 11) is 0. The summed E-state index contributed by atoms with van der Waals surface area (Å²) in [5, 5.41) is 5.45. The van der Waals surface area contributed by atoms with Crippen molar-refractivity contribution in [2.75, 3.05) is 43.4 Å². The number of aromatic nitrogens is 3. The first-order valence-corrected chi connectivity index (χ1v) is 16.3. The summed E-state index contributed by atoms with van der Waals surface area (Å²) < 4.78 is 45.2. The lowest BCUT2D eigenvalue weighted by molar-refractivity contribution is 0.107. The van der Waals surface area contributed by atoms with E-state index >= 15 is 4.39 Å². The Kier molecular flexibility index (Phi) is 5.90. The standard InChI is InChI=1S/C32H33F2N7O2S/c1-16-10-21-24-27(25(34)23(28(21)43-16)20-4-2-5-22-26(20)37-30(35)44-22)38-31(39-29(24)40-13-18-6-7-19(14-40)36-18)42-15-32-8-3-9-41(32)12-17(33)11-32/h2,4-5,10,17-19,36H,3,6-9,11-15H2,1H3,(H2,35,37)/t17-,18-,19+,32+/m1/s1. The Bertz CT molecular complexity index is 1950. The highest BCUT2D eigenvalue weighted by Gasteiger charge is 2.49. The van der Waals surface area contributed by atoms with Crippen LogP contribution >= 0.6 is 11.3 Å². The average Bonchev–Trinajstić information content (AvgIpc) is 3.80. The Balaban J connectivity index is 1.26. The quantitative estimate of drug-likeness (QED) is 0.262. The number of furan rings is 1. The van der Waals surface area contributed by atoms with E-state index in [-0.39, 0.29) is 23.7 Å². The normalized spacial score (nSPS) is 26.9. The van der Waals surface area contributed by atoms with Crippen molar-refractivity contribution in [2.45, 2.75) is 62.8 Å². The van der Waals surface area contributed by atoms with E-state index in [9.17, 15) is 4.39 Å². The molecule has 4 atom stereocenters. The maximum absolute atomic E-state index is 17.2. The maximum atomic E-state index is 17.2. The second-order valence-electron chi connectivity index (χ2n) is 13.0. The van der Waals surface area contributed by atoms with Crippen molar-refractivity contribution >= 4 is 54.4 Å². The largest absolute Gasteiger partial charge is 0.461 e. The lowest BCUT2D eigenvalue weighted by Crippen LogP contribution is -2.51. The van der Waals surface area contributed by atoms with Gasteiger partial charge in [-0.25, -0.2) is 13.8 Å². The number of anilines is 2. The number of thiazole rings is 1. The molecule has 44 heavy (non-hydrogen) atoms. The summed E-state index contributed by atoms with van der Waals surface area (Å²) >= 11 is 1.36. The van der Waals surface area contributed by atoms with Crippen LogP contribution in [0.3, 0.4) is 0 Å². The van der Waals surface area contributed by atoms with Crippen LogP contribution in [0.4, 0.5) is 19.7 Å². The molecule has 12 heteroatoms. The van der Waals surface area contributed by atoms with Gasteiger partial charge in [0, 0.05) is 49.1 Å². The van der Waals surface area contributed by atoms with Gasteiger partial charge in [0.1, 0.15) is 35.5 Å². The van der Waals surface area contributed by atoms with Gasteiger partial charge >= 0.3 is 6.01 Å². The number of para-hydroxylation sites is 1. The van der Waals surface area contributed by atoms with Crippen LogP contribution < -0.4 is 20.7 Å². The van der Waals surface area contributed by atoms with Crippen LogP contribution in [-0.2, 0) is 0 Å². The van der Waals surface area contributed by atoms with E-state index in [1.165, 1.54) is 11.3 Å². The molecule has 4 fully saturated rings. The zero-order valence-electron chi connectivity index (χ0n) is 24.4. The average molecular weight is 618 g/mol. The molecular weight excluding hydrogens is 584 g/mol. The second-order valence-corrected chi connectivity index (χ2v) is 14.0. The number of benzene rings is 2. The van der Waals surface area contributed by atoms with Crippen LogP contribution in [0.5, 0.6) is 6.01 Å². The zero-order chi connectivity index (χ0) is 29.7. The minimum atomic E-state index is -0.872. The highest BCUT2D eigenvalue weighted by atomic mass is 32.1. The first-order chi connectivity index (χ1) is 21.3. The number of fused-ring (bicyclic) bond motifs is 7. The van der Waals surface area contributed by atoms with Gasteiger partial charge in [-0.2, -0.15) is 9.97 Å². The van der Waals surface area contributed by atoms with Crippen LogP contribution in [0.2, 0.25) is 0 Å². The number of nitrogens with one attached hydrogen (secondary N) is 1. The molecule has 3 aromatic heterocycles. The molecule has 3 N–H and O–H groups in total. The molecule has 0 aliphatic carbocycles. The Morgan fingerprint density at radius 2 is 2.00 bits per heavy atom. The highest BCUT2D eigenvalue weighted by Crippen LogP contribution is 2.46. The molecular formula is C32H33F2N7O2S. The monoisotopic (exact) mass is 617 g/mol. The van der Waals surface area contributed by atoms with Crippen molar-refractivity contribution in [3.8, 4) is 17.1 Å². The van der Waals surface area contributed by atoms with Crippen LogP contribution in [0.15, 0.2) is 28.7 Å². The highest BCUT2D eigenvalue weighted by molar-refractivity contribution is 7.22. The van der Waals surface area contributed by atoms with Gasteiger partial charge in [0.2, 0.25) is 0 Å². The van der Waals surface area contributed by atoms with Gasteiger partial charge in [-0.15, -0.1) is 0 Å². The fraction of sp³-hybridized carbons (Fsp3) is 0.469. The molecule has 2 aromatic carbocycles. The number of piperazine rings is 1. The minimum Gasteiger partial charge on any atom is -0.461 e. The van der Waals surface area contributed by atoms with Crippen LogP contribution in [-0.4, -0.2) is 76.4 Å². The third-order valence-corrected chi connectivity index (χ3v) is 11.0. The first kappa shape index (κ1) is 26.8. The lowest BCUT2D eigenvalue weighted by Gasteiger charge is -2.35. The van der Waals surface area contributed by atoms with E-state index in [1.54, 1.807) is 0 Å². The number of nitrogens with two attached hydrogens (primary N) is 1. The summed E-state index contributed by atoms with van der Waals surface area (Å²) in [5.74, 6) is 0.788. The molecule has 7 heterocycles. The predicted octanol–water partition coefficient (Wildman–Crippen LogP) is 5.58. The summed E-state index contributed by atoms with van der Waals surface area (Å²) in [6.45, 7) is 4.93. The number of alkyl halides is 1. The lowest BCUT2D eigenvalue weighted by atomic mass is 9.95. The smallest absolute Gasteiger partial charge is 0.319 e. The SMILES string of the molecule is Cc1cc2c(o1)c(-c1cccc3sc(N)nc13)c(F)c1nc(OC[C@@]34CCCN3C[C@H](F)C4)nc(N3C[C@H]4CC[C@@H](C3)N4)c12. The zero-order valence-corrected chi connectivity index (χ0v) is 25.2. The number of ether oxygens (including phenoxy) is 1. The number of hydrogen-bond acceptors (Lipinski definition) is 10. The third-order valence-electron chi connectivity index (χ3n) is 10.1. The molecule has 4 aliphatic heterocycles. The summed E-state index contributed by atoms with van der Waals surface area (Å²) in [4.78, 5) is 18.7. The molecule has 0 radical (unpaired) electrons. The summed E-state index contributed by atoms with van der Waals surface area (Å²) in [6, 6.07) is 8.39. The molecule has 4 aliphatic rings. The number of rotatable bonds is 5. The molecule has 9 nitrogen and oxygen atoms in total. The van der Waals surface area contributed by atoms with Crippen LogP contribution in [0.25, 0.3) is 43.2 Å². The molecule has 228 valence electrons. The summed E-state index contributed by atoms with van der Waals surface area (Å²) in [5.41, 5.74) is 7.83. The number of nitrogens with zero attached hydrogens (tertiary/aromatic N) is 5. The van der Waals surface area contributed by atoms with Crippen molar-refractivity contribution in [3.05, 3.63) is 35.8 Å². The molecule has 0 unspecified atom stereocenters. The van der Waals surface area contributed by atoms with E-state index in [2.05, 4.69) is 20.1 Å². The van der Waals surface area contributed by atoms with E-state index in [0.717, 1.165) is 55.4 Å². The Morgan fingerprint density at radius 3 is 2.84 bits per heavy atom. The van der Waals surface area contributed by atoms with E-state index in [1.807, 2.05) is 31.2 Å². The molecule has 5 aromatic rings. The predicted molar refractivity (Wildman–Crippen MR) is 168 cm³/mol. The van der Waals surface area contributed by atoms with E-state index in [4.69, 9.17) is 24.9 Å². The van der Waals surface area contributed by atoms with Gasteiger partial charge in [-0.3, -0.25) is 4.90 Å². The van der Waals surface area contributed by atoms with Crippen molar-refractivity contribution in [3.63, 3.8) is 0 Å². The second kappa shape index (κ2) is 9.69. The Labute approximate surface area is 256 Å². The van der Waals surface area contributed by atoms with E-state index in [0.29, 0.717) is 69.4 Å². The van der Waals surface area contributed by atoms with Crippen molar-refractivity contribution in [2.24, 2.45) is 0 Å². The fourth-order valence-corrected chi connectivity index (χ4v) is 9.02. The van der Waals surface area contributed by atoms with Gasteiger partial charge in [-0.1, -0.05) is 23.5 Å². The number of halogens is 2. The van der Waals surface area contributed by atoms with Crippen molar-refractivity contribution in [1.29, 1.82) is 0 Å². The van der Waals surface area contributed by atoms with Crippen LogP contribution in [0.1, 0.15) is 37.9 Å². The van der Waals surface area contributed by atoms with Gasteiger partial charge < -0.3 is 25.1 Å². The number of aryl methyl sites for hydroxylation is 1. The van der Waals surface area contributed by atoms with Crippen molar-refractivity contribution < 1.29 is 17.9 Å². The van der Waals surface area contributed by atoms with Gasteiger partial charge in [0.15, 0.2) is 10.9 Å². The number of nitrogen functional groups attached to an aromatic ring is 1. The molecule has 2 bridgehead atoms. The van der Waals surface area contributed by atoms with Gasteiger partial charge in [-0.05, 0) is 51.3 Å². The van der Waals surface area contributed by atoms with Crippen LogP contribution in [0, 0.1) is 12.7 Å². The molecule has 0 spiro atoms. The minimum absolute atomic E-state index is 0.113. The Hall–Kier alpha value is -3.61. The molecule has 4 saturated heterocycles. The molecule has 0 saturated carbocycles. The number of hydrogen-bond donors (Lipinski definition) is 2. The Morgan fingerprint density at radius 1 is 1.16 bits per heavy atom. The molecule has 0 amide bonds. The van der Waals surface area contributed by atoms with Gasteiger partial charge in [0.25, 0.3) is 0 Å². The maximum Gasteiger partial charge on any atom is 0.319 e. The third kappa shape index (κ3) is 4.03. The van der Waals surface area contributed by atoms with Gasteiger partial charge in [0.05, 0.1) is 26.7 Å². The topological polar surface area (TPSA) is 106 Å². The van der Waals surface area contributed by atoms with E-state index < -0.39 is 12.0 Å². The molecule has 9 rings (SSSR count). The fourth-order valence-electron chi connectivity index (χ4n) is 8.26. The summed E-state index contributed by atoms with van der Waals surface area (Å²) in [6.07, 6.45) is 3.62. The van der Waals surface area contributed by atoms with Crippen molar-refractivity contribution in [1.82, 2.24) is 25.2 Å².